The van der Waals surface area contributed by atoms with Crippen LogP contribution in [0.15, 0.2) is 0 Å². The molecule has 1 fully saturated rings. The number of carbonyl (C=O) groups is 2. The topological polar surface area (TPSA) is 63.6 Å². The predicted octanol–water partition coefficient (Wildman–Crippen LogP) is 2.86. The monoisotopic (exact) mass is 256 g/mol. The summed E-state index contributed by atoms with van der Waals surface area (Å²) in [5, 5.41) is 8.95. The molecule has 0 heterocycles. The Bertz CT molecular complexity index is 284. The molecule has 0 aromatic carbocycles. The van der Waals surface area contributed by atoms with E-state index in [1.165, 1.54) is 6.92 Å². The summed E-state index contributed by atoms with van der Waals surface area (Å²) in [6.45, 7) is 5.64. The van der Waals surface area contributed by atoms with Gasteiger partial charge in [-0.05, 0) is 30.6 Å². The summed E-state index contributed by atoms with van der Waals surface area (Å²) in [5.74, 6) is 0.0671. The van der Waals surface area contributed by atoms with Gasteiger partial charge >= 0.3 is 11.9 Å². The minimum absolute atomic E-state index is 0.0722. The number of aliphatic carboxylic acids is 1. The first-order valence-corrected chi connectivity index (χ1v) is 6.86. The Hall–Kier alpha value is -1.06. The van der Waals surface area contributed by atoms with Crippen LogP contribution in [0.1, 0.15) is 52.9 Å². The highest BCUT2D eigenvalue weighted by Crippen LogP contribution is 2.43. The van der Waals surface area contributed by atoms with Gasteiger partial charge in [-0.3, -0.25) is 9.59 Å². The van der Waals surface area contributed by atoms with E-state index in [0.717, 1.165) is 25.7 Å². The maximum Gasteiger partial charge on any atom is 0.307 e. The number of hydrogen-bond acceptors (Lipinski definition) is 3. The molecule has 0 aliphatic heterocycles. The lowest BCUT2D eigenvalue weighted by atomic mass is 9.87. The van der Waals surface area contributed by atoms with Crippen LogP contribution in [0.25, 0.3) is 0 Å². The third kappa shape index (κ3) is 4.00. The van der Waals surface area contributed by atoms with Gasteiger partial charge < -0.3 is 9.84 Å². The summed E-state index contributed by atoms with van der Waals surface area (Å²) in [5.41, 5.74) is 0. The van der Waals surface area contributed by atoms with Crippen molar-refractivity contribution in [3.8, 4) is 0 Å². The van der Waals surface area contributed by atoms with E-state index in [2.05, 4.69) is 13.8 Å². The van der Waals surface area contributed by atoms with Crippen LogP contribution in [-0.2, 0) is 14.3 Å². The quantitative estimate of drug-likeness (QED) is 0.742. The lowest BCUT2D eigenvalue weighted by molar-refractivity contribution is -0.154. The number of ether oxygens (including phenoxy) is 1. The largest absolute Gasteiger partial charge is 0.481 e. The Morgan fingerprint density at radius 3 is 2.39 bits per heavy atom. The SMILES string of the molecule is CCC1CC(CC)C(C(CC(=O)O)OC(C)=O)C1. The second kappa shape index (κ2) is 6.76. The van der Waals surface area contributed by atoms with Crippen molar-refractivity contribution in [3.63, 3.8) is 0 Å². The highest BCUT2D eigenvalue weighted by molar-refractivity contribution is 5.69. The molecule has 104 valence electrons. The van der Waals surface area contributed by atoms with Crippen LogP contribution in [0.2, 0.25) is 0 Å². The number of esters is 1. The average molecular weight is 256 g/mol. The first kappa shape index (κ1) is 15.0. The number of hydrogen-bond donors (Lipinski definition) is 1. The molecule has 1 saturated carbocycles. The van der Waals surface area contributed by atoms with Crippen molar-refractivity contribution in [2.75, 3.05) is 0 Å². The molecule has 4 atom stereocenters. The Balaban J connectivity index is 2.75. The molecule has 1 aliphatic rings. The average Bonchev–Trinajstić information content (AvgIpc) is 2.69. The molecule has 1 rings (SSSR count). The zero-order chi connectivity index (χ0) is 13.7. The number of rotatable bonds is 6. The minimum atomic E-state index is -0.893. The van der Waals surface area contributed by atoms with Crippen molar-refractivity contribution >= 4 is 11.9 Å². The van der Waals surface area contributed by atoms with E-state index in [-0.39, 0.29) is 18.3 Å². The molecule has 1 N–H and O–H groups in total. The number of carboxylic acid groups (broad SMARTS) is 1. The van der Waals surface area contributed by atoms with Crippen LogP contribution in [-0.4, -0.2) is 23.1 Å². The molecule has 1 aliphatic carbocycles. The van der Waals surface area contributed by atoms with E-state index in [4.69, 9.17) is 9.84 Å². The van der Waals surface area contributed by atoms with Crippen LogP contribution in [0, 0.1) is 17.8 Å². The van der Waals surface area contributed by atoms with E-state index in [9.17, 15) is 9.59 Å². The summed E-state index contributed by atoms with van der Waals surface area (Å²) in [6, 6.07) is 0. The van der Waals surface area contributed by atoms with Crippen LogP contribution < -0.4 is 0 Å². The normalized spacial score (nSPS) is 28.9. The molecular weight excluding hydrogens is 232 g/mol. The molecule has 4 heteroatoms. The van der Waals surface area contributed by atoms with Gasteiger partial charge in [-0.1, -0.05) is 26.7 Å². The first-order valence-electron chi connectivity index (χ1n) is 6.86. The van der Waals surface area contributed by atoms with Crippen molar-refractivity contribution in [2.24, 2.45) is 17.8 Å². The highest BCUT2D eigenvalue weighted by Gasteiger charge is 2.39. The van der Waals surface area contributed by atoms with Crippen molar-refractivity contribution < 1.29 is 19.4 Å². The Morgan fingerprint density at radius 2 is 1.94 bits per heavy atom. The lowest BCUT2D eigenvalue weighted by Gasteiger charge is -2.26. The Labute approximate surface area is 109 Å². The van der Waals surface area contributed by atoms with Gasteiger partial charge in [0.2, 0.25) is 0 Å². The molecule has 0 aromatic heterocycles. The molecule has 0 bridgehead atoms. The summed E-state index contributed by atoms with van der Waals surface area (Å²) >= 11 is 0. The molecular formula is C14H24O4. The van der Waals surface area contributed by atoms with Gasteiger partial charge in [-0.25, -0.2) is 0 Å². The minimum Gasteiger partial charge on any atom is -0.481 e. The van der Waals surface area contributed by atoms with Crippen LogP contribution in [0.4, 0.5) is 0 Å². The van der Waals surface area contributed by atoms with Gasteiger partial charge in [0.25, 0.3) is 0 Å². The second-order valence-electron chi connectivity index (χ2n) is 5.32. The van der Waals surface area contributed by atoms with Crippen LogP contribution >= 0.6 is 0 Å². The first-order chi connectivity index (χ1) is 8.47. The fourth-order valence-electron chi connectivity index (χ4n) is 3.20. The summed E-state index contributed by atoms with van der Waals surface area (Å²) in [6.07, 6.45) is 3.74. The van der Waals surface area contributed by atoms with Crippen LogP contribution in [0.3, 0.4) is 0 Å². The summed E-state index contributed by atoms with van der Waals surface area (Å²) < 4.78 is 5.25. The van der Waals surface area contributed by atoms with E-state index < -0.39 is 12.1 Å². The number of carbonyl (C=O) groups excluding carboxylic acids is 1. The molecule has 0 spiro atoms. The second-order valence-corrected chi connectivity index (χ2v) is 5.32. The summed E-state index contributed by atoms with van der Waals surface area (Å²) in [4.78, 5) is 22.0. The lowest BCUT2D eigenvalue weighted by Crippen LogP contribution is -2.31. The molecule has 0 radical (unpaired) electrons. The van der Waals surface area contributed by atoms with Gasteiger partial charge in [0.1, 0.15) is 6.10 Å². The van der Waals surface area contributed by atoms with Crippen molar-refractivity contribution in [1.82, 2.24) is 0 Å². The predicted molar refractivity (Wildman–Crippen MR) is 68.1 cm³/mol. The molecule has 4 unspecified atom stereocenters. The van der Waals surface area contributed by atoms with Crippen molar-refractivity contribution in [1.29, 1.82) is 0 Å². The third-order valence-corrected chi connectivity index (χ3v) is 4.12. The highest BCUT2D eigenvalue weighted by atomic mass is 16.5. The maximum absolute atomic E-state index is 11.1. The zero-order valence-corrected chi connectivity index (χ0v) is 11.5. The fourth-order valence-corrected chi connectivity index (χ4v) is 3.20. The summed E-state index contributed by atoms with van der Waals surface area (Å²) in [7, 11) is 0. The van der Waals surface area contributed by atoms with Gasteiger partial charge in [0, 0.05) is 6.92 Å². The van der Waals surface area contributed by atoms with E-state index in [0.29, 0.717) is 11.8 Å². The Morgan fingerprint density at radius 1 is 1.28 bits per heavy atom. The standard InChI is InChI=1S/C14H24O4/c1-4-10-6-11(5-2)12(7-10)13(8-14(16)17)18-9(3)15/h10-13H,4-8H2,1-3H3,(H,16,17). The molecule has 4 nitrogen and oxygen atoms in total. The van der Waals surface area contributed by atoms with Crippen molar-refractivity contribution in [2.45, 2.75) is 59.0 Å². The molecule has 0 aromatic rings. The fraction of sp³-hybridized carbons (Fsp3) is 0.857. The number of carboxylic acids is 1. The smallest absolute Gasteiger partial charge is 0.307 e. The van der Waals surface area contributed by atoms with Gasteiger partial charge in [-0.2, -0.15) is 0 Å². The van der Waals surface area contributed by atoms with Gasteiger partial charge in [-0.15, -0.1) is 0 Å². The van der Waals surface area contributed by atoms with E-state index >= 15 is 0 Å². The van der Waals surface area contributed by atoms with Gasteiger partial charge in [0.15, 0.2) is 0 Å². The molecule has 0 saturated heterocycles. The van der Waals surface area contributed by atoms with Crippen LogP contribution in [0.5, 0.6) is 0 Å². The van der Waals surface area contributed by atoms with Crippen molar-refractivity contribution in [3.05, 3.63) is 0 Å². The maximum atomic E-state index is 11.1. The molecule has 0 amide bonds. The van der Waals surface area contributed by atoms with Gasteiger partial charge in [0.05, 0.1) is 6.42 Å². The zero-order valence-electron chi connectivity index (χ0n) is 11.5. The third-order valence-electron chi connectivity index (χ3n) is 4.12. The molecule has 18 heavy (non-hydrogen) atoms. The van der Waals surface area contributed by atoms with E-state index in [1.54, 1.807) is 0 Å². The van der Waals surface area contributed by atoms with E-state index in [1.807, 2.05) is 0 Å². The Kier molecular flexibility index (Phi) is 5.63.